The maximum absolute atomic E-state index is 12.3. The van der Waals surface area contributed by atoms with E-state index in [0.29, 0.717) is 6.54 Å². The topological polar surface area (TPSA) is 61.4 Å². The molecule has 0 atom stereocenters. The van der Waals surface area contributed by atoms with E-state index in [-0.39, 0.29) is 5.91 Å². The van der Waals surface area contributed by atoms with Crippen molar-refractivity contribution in [3.8, 4) is 0 Å². The van der Waals surface area contributed by atoms with Gasteiger partial charge in [0.05, 0.1) is 12.1 Å². The van der Waals surface area contributed by atoms with Crippen LogP contribution in [0, 0.1) is 0 Å². The highest BCUT2D eigenvalue weighted by molar-refractivity contribution is 5.91. The summed E-state index contributed by atoms with van der Waals surface area (Å²) in [6.07, 6.45) is 1.55. The van der Waals surface area contributed by atoms with E-state index in [1.807, 2.05) is 41.1 Å². The maximum Gasteiger partial charge on any atom is 0.242 e. The Morgan fingerprint density at radius 2 is 2.05 bits per heavy atom. The molecule has 1 aromatic carbocycles. The highest BCUT2D eigenvalue weighted by atomic mass is 16.2. The van der Waals surface area contributed by atoms with Gasteiger partial charge >= 0.3 is 0 Å². The summed E-state index contributed by atoms with van der Waals surface area (Å²) in [7, 11) is 1.90. The van der Waals surface area contributed by atoms with Gasteiger partial charge < -0.3 is 15.1 Å². The SMILES string of the molecule is CN(CC(=O)N1CCNCC1)c1ncnc2ccccc12. The molecule has 3 rings (SSSR count). The smallest absolute Gasteiger partial charge is 0.242 e. The fourth-order valence-electron chi connectivity index (χ4n) is 2.59. The van der Waals surface area contributed by atoms with Crippen LogP contribution in [0.15, 0.2) is 30.6 Å². The van der Waals surface area contributed by atoms with Crippen molar-refractivity contribution in [1.29, 1.82) is 0 Å². The van der Waals surface area contributed by atoms with E-state index in [4.69, 9.17) is 0 Å². The summed E-state index contributed by atoms with van der Waals surface area (Å²) in [6, 6.07) is 7.84. The first-order valence-electron chi connectivity index (χ1n) is 7.15. The number of hydrogen-bond donors (Lipinski definition) is 1. The normalized spacial score (nSPS) is 15.2. The zero-order chi connectivity index (χ0) is 14.7. The minimum absolute atomic E-state index is 0.140. The van der Waals surface area contributed by atoms with Crippen LogP contribution in [-0.2, 0) is 4.79 Å². The van der Waals surface area contributed by atoms with Crippen LogP contribution < -0.4 is 10.2 Å². The summed E-state index contributed by atoms with van der Waals surface area (Å²) >= 11 is 0. The Morgan fingerprint density at radius 1 is 1.29 bits per heavy atom. The van der Waals surface area contributed by atoms with E-state index in [2.05, 4.69) is 15.3 Å². The summed E-state index contributed by atoms with van der Waals surface area (Å²) in [4.78, 5) is 24.7. The molecule has 2 heterocycles. The van der Waals surface area contributed by atoms with E-state index in [1.165, 1.54) is 0 Å². The molecular formula is C15H19N5O. The Morgan fingerprint density at radius 3 is 2.86 bits per heavy atom. The van der Waals surface area contributed by atoms with Gasteiger partial charge in [-0.2, -0.15) is 0 Å². The molecule has 6 heteroatoms. The van der Waals surface area contributed by atoms with Crippen molar-refractivity contribution in [2.45, 2.75) is 0 Å². The number of piperazine rings is 1. The number of carbonyl (C=O) groups excluding carboxylic acids is 1. The second-order valence-corrected chi connectivity index (χ2v) is 5.20. The molecule has 1 aliphatic heterocycles. The highest BCUT2D eigenvalue weighted by Crippen LogP contribution is 2.21. The van der Waals surface area contributed by atoms with Gasteiger partial charge in [-0.3, -0.25) is 4.79 Å². The number of amides is 1. The predicted molar refractivity (Wildman–Crippen MR) is 82.3 cm³/mol. The molecule has 2 aromatic rings. The van der Waals surface area contributed by atoms with Gasteiger partial charge in [0.2, 0.25) is 5.91 Å². The number of fused-ring (bicyclic) bond motifs is 1. The molecule has 1 aliphatic rings. The van der Waals surface area contributed by atoms with Crippen molar-refractivity contribution < 1.29 is 4.79 Å². The van der Waals surface area contributed by atoms with Gasteiger partial charge in [0, 0.05) is 38.6 Å². The standard InChI is InChI=1S/C15H19N5O/c1-19(10-14(21)20-8-6-16-7-9-20)15-12-4-2-3-5-13(12)17-11-18-15/h2-5,11,16H,6-10H2,1H3. The quantitative estimate of drug-likeness (QED) is 0.890. The second kappa shape index (κ2) is 6.05. The van der Waals surface area contributed by atoms with Gasteiger partial charge in [-0.05, 0) is 12.1 Å². The van der Waals surface area contributed by atoms with Crippen LogP contribution in [-0.4, -0.2) is 60.5 Å². The molecule has 110 valence electrons. The van der Waals surface area contributed by atoms with E-state index >= 15 is 0 Å². The fourth-order valence-corrected chi connectivity index (χ4v) is 2.59. The molecule has 0 radical (unpaired) electrons. The number of hydrogen-bond acceptors (Lipinski definition) is 5. The van der Waals surface area contributed by atoms with E-state index in [0.717, 1.165) is 42.9 Å². The van der Waals surface area contributed by atoms with Crippen LogP contribution in [0.2, 0.25) is 0 Å². The van der Waals surface area contributed by atoms with E-state index in [1.54, 1.807) is 6.33 Å². The first kappa shape index (κ1) is 13.8. The molecule has 21 heavy (non-hydrogen) atoms. The Kier molecular flexibility index (Phi) is 3.96. The summed E-state index contributed by atoms with van der Waals surface area (Å²) < 4.78 is 0. The Labute approximate surface area is 123 Å². The summed E-state index contributed by atoms with van der Waals surface area (Å²) in [6.45, 7) is 3.62. The van der Waals surface area contributed by atoms with Crippen LogP contribution in [0.4, 0.5) is 5.82 Å². The van der Waals surface area contributed by atoms with Gasteiger partial charge in [-0.25, -0.2) is 9.97 Å². The highest BCUT2D eigenvalue weighted by Gasteiger charge is 2.19. The lowest BCUT2D eigenvalue weighted by atomic mass is 10.2. The molecular weight excluding hydrogens is 266 g/mol. The minimum Gasteiger partial charge on any atom is -0.350 e. The Hall–Kier alpha value is -2.21. The fraction of sp³-hybridized carbons (Fsp3) is 0.400. The van der Waals surface area contributed by atoms with Crippen molar-refractivity contribution in [2.75, 3.05) is 44.7 Å². The maximum atomic E-state index is 12.3. The molecule has 1 saturated heterocycles. The third kappa shape index (κ3) is 2.95. The zero-order valence-electron chi connectivity index (χ0n) is 12.1. The third-order valence-corrected chi connectivity index (χ3v) is 3.73. The van der Waals surface area contributed by atoms with Crippen LogP contribution >= 0.6 is 0 Å². The van der Waals surface area contributed by atoms with Crippen molar-refractivity contribution in [3.63, 3.8) is 0 Å². The molecule has 0 aliphatic carbocycles. The largest absolute Gasteiger partial charge is 0.350 e. The van der Waals surface area contributed by atoms with Crippen molar-refractivity contribution in [2.24, 2.45) is 0 Å². The lowest BCUT2D eigenvalue weighted by Gasteiger charge is -2.29. The minimum atomic E-state index is 0.140. The molecule has 0 saturated carbocycles. The number of rotatable bonds is 3. The van der Waals surface area contributed by atoms with Crippen LogP contribution in [0.5, 0.6) is 0 Å². The molecule has 6 nitrogen and oxygen atoms in total. The van der Waals surface area contributed by atoms with Gasteiger partial charge in [0.1, 0.15) is 12.1 Å². The van der Waals surface area contributed by atoms with E-state index in [9.17, 15) is 4.79 Å². The van der Waals surface area contributed by atoms with Crippen LogP contribution in [0.1, 0.15) is 0 Å². The lowest BCUT2D eigenvalue weighted by Crippen LogP contribution is -2.49. The Bertz CT molecular complexity index is 634. The molecule has 0 bridgehead atoms. The average Bonchev–Trinajstić information content (AvgIpc) is 2.55. The molecule has 0 spiro atoms. The van der Waals surface area contributed by atoms with Gasteiger partial charge in [-0.1, -0.05) is 12.1 Å². The first-order valence-corrected chi connectivity index (χ1v) is 7.15. The number of anilines is 1. The predicted octanol–water partition coefficient (Wildman–Crippen LogP) is 0.498. The summed E-state index contributed by atoms with van der Waals surface area (Å²) in [5.74, 6) is 0.936. The molecule has 1 aromatic heterocycles. The van der Waals surface area contributed by atoms with Gasteiger partial charge in [0.25, 0.3) is 0 Å². The van der Waals surface area contributed by atoms with Crippen molar-refractivity contribution >= 4 is 22.6 Å². The second-order valence-electron chi connectivity index (χ2n) is 5.20. The Balaban J connectivity index is 1.77. The monoisotopic (exact) mass is 285 g/mol. The third-order valence-electron chi connectivity index (χ3n) is 3.73. The average molecular weight is 285 g/mol. The van der Waals surface area contributed by atoms with Crippen molar-refractivity contribution in [3.05, 3.63) is 30.6 Å². The lowest BCUT2D eigenvalue weighted by molar-refractivity contribution is -0.130. The number of nitrogens with one attached hydrogen (secondary N) is 1. The first-order chi connectivity index (χ1) is 10.3. The van der Waals surface area contributed by atoms with Crippen LogP contribution in [0.25, 0.3) is 10.9 Å². The number of benzene rings is 1. The van der Waals surface area contributed by atoms with Gasteiger partial charge in [-0.15, -0.1) is 0 Å². The number of carbonyl (C=O) groups is 1. The molecule has 0 unspecified atom stereocenters. The molecule has 1 amide bonds. The number of nitrogens with zero attached hydrogens (tertiary/aromatic N) is 4. The molecule has 1 fully saturated rings. The van der Waals surface area contributed by atoms with E-state index < -0.39 is 0 Å². The number of para-hydroxylation sites is 1. The van der Waals surface area contributed by atoms with Crippen LogP contribution in [0.3, 0.4) is 0 Å². The number of likely N-dealkylation sites (N-methyl/N-ethyl adjacent to an activating group) is 1. The summed E-state index contributed by atoms with van der Waals surface area (Å²) in [5.41, 5.74) is 0.893. The molecule has 1 N–H and O–H groups in total. The zero-order valence-corrected chi connectivity index (χ0v) is 12.1. The number of aromatic nitrogens is 2. The summed E-state index contributed by atoms with van der Waals surface area (Å²) in [5, 5.41) is 4.22. The van der Waals surface area contributed by atoms with Gasteiger partial charge in [0.15, 0.2) is 0 Å². The van der Waals surface area contributed by atoms with Crippen molar-refractivity contribution in [1.82, 2.24) is 20.2 Å².